The van der Waals surface area contributed by atoms with Crippen LogP contribution in [0.25, 0.3) is 0 Å². The Morgan fingerprint density at radius 2 is 1.86 bits per heavy atom. The molecule has 2 N–H and O–H groups in total. The van der Waals surface area contributed by atoms with Crippen LogP contribution in [0.3, 0.4) is 0 Å². The van der Waals surface area contributed by atoms with Crippen LogP contribution in [-0.4, -0.2) is 57.1 Å². The van der Waals surface area contributed by atoms with Crippen molar-refractivity contribution < 1.29 is 22.8 Å². The number of aliphatic imine (C=N–C) groups is 1. The molecule has 2 amide bonds. The predicted octanol–water partition coefficient (Wildman–Crippen LogP) is 2.40. The van der Waals surface area contributed by atoms with Gasteiger partial charge in [0, 0.05) is 13.0 Å². The first-order chi connectivity index (χ1) is 17.5. The molecule has 1 atom stereocenters. The van der Waals surface area contributed by atoms with Crippen molar-refractivity contribution in [3.05, 3.63) is 75.9 Å². The van der Waals surface area contributed by atoms with Crippen molar-refractivity contribution >= 4 is 24.3 Å². The zero-order valence-electron chi connectivity index (χ0n) is 20.2. The van der Waals surface area contributed by atoms with Crippen molar-refractivity contribution in [2.24, 2.45) is 4.99 Å². The molecule has 0 fully saturated rings. The van der Waals surface area contributed by atoms with Crippen LogP contribution in [-0.2, 0) is 16.0 Å². The van der Waals surface area contributed by atoms with Crippen LogP contribution < -0.4 is 16.2 Å². The van der Waals surface area contributed by atoms with Crippen LogP contribution in [0.1, 0.15) is 35.0 Å². The van der Waals surface area contributed by atoms with Crippen LogP contribution in [0.5, 0.6) is 0 Å². The van der Waals surface area contributed by atoms with E-state index < -0.39 is 42.4 Å². The predicted molar refractivity (Wildman–Crippen MR) is 131 cm³/mol. The summed E-state index contributed by atoms with van der Waals surface area (Å²) < 4.78 is 40.1. The molecule has 10 nitrogen and oxygen atoms in total. The van der Waals surface area contributed by atoms with Gasteiger partial charge in [0.2, 0.25) is 5.91 Å². The minimum Gasteiger partial charge on any atom is -0.365 e. The Morgan fingerprint density at radius 1 is 1.16 bits per heavy atom. The summed E-state index contributed by atoms with van der Waals surface area (Å²) in [5, 5.41) is 4.75. The molecule has 1 aromatic carbocycles. The number of imidazole rings is 1. The van der Waals surface area contributed by atoms with Crippen molar-refractivity contribution in [1.82, 2.24) is 24.6 Å². The third-order valence-corrected chi connectivity index (χ3v) is 5.51. The second-order valence-electron chi connectivity index (χ2n) is 8.23. The first-order valence-corrected chi connectivity index (χ1v) is 11.3. The van der Waals surface area contributed by atoms with Gasteiger partial charge in [0.1, 0.15) is 12.9 Å². The second kappa shape index (κ2) is 11.6. The van der Waals surface area contributed by atoms with E-state index in [1.54, 1.807) is 19.2 Å². The Kier molecular flexibility index (Phi) is 8.58. The molecule has 3 aromatic rings. The normalized spacial score (nSPS) is 12.1. The highest BCUT2D eigenvalue weighted by molar-refractivity contribution is 5.91. The number of anilines is 1. The molecule has 2 aromatic heterocycles. The molecule has 196 valence electrons. The SMILES string of the molecule is C=NC(=O)C(CC(=O)NCC(F)(F)F)c1c(C)ncn1-n1c(C)cnc(NCCc2ccccc2)c1=O. The molecule has 0 saturated heterocycles. The molecule has 13 heteroatoms. The van der Waals surface area contributed by atoms with E-state index in [1.165, 1.54) is 21.9 Å². The van der Waals surface area contributed by atoms with Crippen molar-refractivity contribution in [2.45, 2.75) is 38.8 Å². The maximum absolute atomic E-state index is 13.4. The summed E-state index contributed by atoms with van der Waals surface area (Å²) in [6, 6.07) is 9.64. The minimum atomic E-state index is -4.62. The second-order valence-corrected chi connectivity index (χ2v) is 8.23. The van der Waals surface area contributed by atoms with Gasteiger partial charge < -0.3 is 10.6 Å². The average molecular weight is 518 g/mol. The molecular formula is C24H26F3N7O3. The van der Waals surface area contributed by atoms with Gasteiger partial charge in [-0.25, -0.2) is 24.3 Å². The third-order valence-electron chi connectivity index (χ3n) is 5.51. The summed E-state index contributed by atoms with van der Waals surface area (Å²) in [6.45, 7) is 5.22. The number of carbonyl (C=O) groups is 2. The lowest BCUT2D eigenvalue weighted by atomic mass is 9.98. The maximum atomic E-state index is 13.4. The number of halogens is 3. The smallest absolute Gasteiger partial charge is 0.365 e. The lowest BCUT2D eigenvalue weighted by molar-refractivity contribution is -0.139. The number of amides is 2. The number of benzene rings is 1. The van der Waals surface area contributed by atoms with Gasteiger partial charge in [-0.05, 0) is 32.5 Å². The standard InChI is InChI=1S/C24H26F3N7O3/c1-15-12-30-21(29-10-9-17-7-5-4-6-8-17)23(37)34(15)33-14-32-16(2)20(33)18(22(36)28-3)11-19(35)31-13-24(25,26)27/h4-8,12,14,18H,3,9-11,13H2,1-2H3,(H,29,30)(H,31,35). The Labute approximate surface area is 210 Å². The van der Waals surface area contributed by atoms with Crippen molar-refractivity contribution in [3.63, 3.8) is 0 Å². The summed E-state index contributed by atoms with van der Waals surface area (Å²) in [4.78, 5) is 49.9. The van der Waals surface area contributed by atoms with E-state index in [0.717, 1.165) is 5.56 Å². The number of hydrogen-bond donors (Lipinski definition) is 2. The van der Waals surface area contributed by atoms with Gasteiger partial charge in [-0.2, -0.15) is 13.2 Å². The highest BCUT2D eigenvalue weighted by Crippen LogP contribution is 2.25. The Bertz CT molecular complexity index is 1330. The lowest BCUT2D eigenvalue weighted by Crippen LogP contribution is -2.36. The average Bonchev–Trinajstić information content (AvgIpc) is 3.23. The van der Waals surface area contributed by atoms with E-state index in [0.29, 0.717) is 18.7 Å². The number of aryl methyl sites for hydroxylation is 2. The van der Waals surface area contributed by atoms with E-state index in [-0.39, 0.29) is 17.2 Å². The van der Waals surface area contributed by atoms with E-state index in [4.69, 9.17) is 0 Å². The quantitative estimate of drug-likeness (QED) is 0.398. The van der Waals surface area contributed by atoms with E-state index in [1.807, 2.05) is 30.3 Å². The van der Waals surface area contributed by atoms with Crippen LogP contribution in [0.15, 0.2) is 52.6 Å². The Hall–Kier alpha value is -4.29. The highest BCUT2D eigenvalue weighted by Gasteiger charge is 2.32. The fraction of sp³-hybridized carbons (Fsp3) is 0.333. The van der Waals surface area contributed by atoms with Crippen molar-refractivity contribution in [3.8, 4) is 0 Å². The van der Waals surface area contributed by atoms with Crippen LogP contribution in [0, 0.1) is 13.8 Å². The zero-order valence-corrected chi connectivity index (χ0v) is 20.2. The van der Waals surface area contributed by atoms with E-state index in [2.05, 4.69) is 27.0 Å². The zero-order chi connectivity index (χ0) is 27.2. The molecular weight excluding hydrogens is 491 g/mol. The first-order valence-electron chi connectivity index (χ1n) is 11.3. The van der Waals surface area contributed by atoms with Gasteiger partial charge in [0.25, 0.3) is 5.91 Å². The van der Waals surface area contributed by atoms with Crippen LogP contribution in [0.2, 0.25) is 0 Å². The Morgan fingerprint density at radius 3 is 2.51 bits per heavy atom. The number of nitrogens with zero attached hydrogens (tertiary/aromatic N) is 5. The van der Waals surface area contributed by atoms with E-state index in [9.17, 15) is 27.6 Å². The maximum Gasteiger partial charge on any atom is 0.405 e. The van der Waals surface area contributed by atoms with Crippen LogP contribution >= 0.6 is 0 Å². The summed E-state index contributed by atoms with van der Waals surface area (Å²) in [5.41, 5.74) is 1.30. The molecule has 0 spiro atoms. The number of carbonyl (C=O) groups excluding carboxylic acids is 2. The first kappa shape index (κ1) is 27.3. The molecule has 0 saturated carbocycles. The monoisotopic (exact) mass is 517 g/mol. The molecule has 0 aliphatic carbocycles. The molecule has 0 aliphatic heterocycles. The summed E-state index contributed by atoms with van der Waals surface area (Å²) >= 11 is 0. The van der Waals surface area contributed by atoms with Gasteiger partial charge in [-0.1, -0.05) is 30.3 Å². The fourth-order valence-corrected chi connectivity index (χ4v) is 3.76. The number of nitrogens with one attached hydrogen (secondary N) is 2. The fourth-order valence-electron chi connectivity index (χ4n) is 3.76. The van der Waals surface area contributed by atoms with Gasteiger partial charge in [0.05, 0.1) is 29.2 Å². The van der Waals surface area contributed by atoms with Crippen LogP contribution in [0.4, 0.5) is 19.0 Å². The van der Waals surface area contributed by atoms with Crippen molar-refractivity contribution in [1.29, 1.82) is 0 Å². The summed E-state index contributed by atoms with van der Waals surface area (Å²) in [7, 11) is 0. The summed E-state index contributed by atoms with van der Waals surface area (Å²) in [5.74, 6) is -3.16. The molecule has 2 heterocycles. The topological polar surface area (TPSA) is 123 Å². The number of aromatic nitrogens is 4. The van der Waals surface area contributed by atoms with Gasteiger partial charge >= 0.3 is 11.7 Å². The van der Waals surface area contributed by atoms with Gasteiger partial charge in [-0.3, -0.25) is 14.4 Å². The number of alkyl halides is 3. The molecule has 0 bridgehead atoms. The largest absolute Gasteiger partial charge is 0.405 e. The molecule has 0 radical (unpaired) electrons. The van der Waals surface area contributed by atoms with Gasteiger partial charge in [-0.15, -0.1) is 0 Å². The molecule has 37 heavy (non-hydrogen) atoms. The minimum absolute atomic E-state index is 0.0477. The third kappa shape index (κ3) is 6.90. The molecule has 1 unspecified atom stereocenters. The summed E-state index contributed by atoms with van der Waals surface area (Å²) in [6.07, 6.45) is -1.90. The number of rotatable bonds is 10. The number of hydrogen-bond acceptors (Lipinski definition) is 6. The van der Waals surface area contributed by atoms with E-state index >= 15 is 0 Å². The van der Waals surface area contributed by atoms with Gasteiger partial charge in [0.15, 0.2) is 5.82 Å². The lowest BCUT2D eigenvalue weighted by Gasteiger charge is -2.20. The molecule has 3 rings (SSSR count). The highest BCUT2D eigenvalue weighted by atomic mass is 19.4. The Balaban J connectivity index is 1.93. The van der Waals surface area contributed by atoms with Crippen molar-refractivity contribution in [2.75, 3.05) is 18.4 Å². The molecule has 0 aliphatic rings.